The van der Waals surface area contributed by atoms with Crippen molar-refractivity contribution in [3.63, 3.8) is 0 Å². The van der Waals surface area contributed by atoms with Crippen molar-refractivity contribution < 1.29 is 41.5 Å². The molecule has 0 spiro atoms. The summed E-state index contributed by atoms with van der Waals surface area (Å²) in [6.07, 6.45) is 2.05. The third-order valence-electron chi connectivity index (χ3n) is 7.59. The van der Waals surface area contributed by atoms with E-state index in [9.17, 15) is 9.59 Å². The summed E-state index contributed by atoms with van der Waals surface area (Å²) in [6, 6.07) is 36.1. The van der Waals surface area contributed by atoms with Crippen molar-refractivity contribution >= 4 is 73.5 Å². The number of hydrogen-bond acceptors (Lipinski definition) is 2. The fourth-order valence-corrected chi connectivity index (χ4v) is 8.70. The summed E-state index contributed by atoms with van der Waals surface area (Å²) >= 11 is 0. The molecule has 4 nitrogen and oxygen atoms in total. The van der Waals surface area contributed by atoms with Gasteiger partial charge in [0.15, 0.2) is 0 Å². The van der Waals surface area contributed by atoms with Gasteiger partial charge >= 0.3 is 33.7 Å². The summed E-state index contributed by atoms with van der Waals surface area (Å²) in [5.41, 5.74) is 0. The fraction of sp³-hybridized carbons (Fsp3) is 0.222. The van der Waals surface area contributed by atoms with Crippen LogP contribution < -0.4 is 10.4 Å². The van der Waals surface area contributed by atoms with Gasteiger partial charge in [0.05, 0.1) is 0 Å². The van der Waals surface area contributed by atoms with Gasteiger partial charge in [0.1, 0.15) is 0 Å². The number of fused-ring (bicyclic) bond motifs is 6. The first-order valence-electron chi connectivity index (χ1n) is 14.3. The Kier molecular flexibility index (Phi) is 11.5. The standard InChI is InChI=1S/C28H22Si.2C4H8O2.Ti/c1-29(2,27-15-7-13-23-21-11-5-3-9-19(21)17-25(23)27)28-16-8-14-24-22-12-6-4-10-20(22)18-26(24)28;2*1-2-3-4(5)6;/h3-18H,1-2H3;2*2-3H2,1H3,(H,5,6);/q-2;;;+2. The van der Waals surface area contributed by atoms with Crippen LogP contribution in [0.2, 0.25) is 13.1 Å². The van der Waals surface area contributed by atoms with E-state index in [1.54, 1.807) is 0 Å². The van der Waals surface area contributed by atoms with E-state index < -0.39 is 20.0 Å². The zero-order valence-corrected chi connectivity index (χ0v) is 27.3. The first kappa shape index (κ1) is 33.0. The van der Waals surface area contributed by atoms with Crippen LogP contribution in [-0.4, -0.2) is 30.2 Å². The third kappa shape index (κ3) is 7.09. The van der Waals surface area contributed by atoms with Crippen molar-refractivity contribution in [2.24, 2.45) is 0 Å². The molecule has 0 aliphatic heterocycles. The van der Waals surface area contributed by atoms with Gasteiger partial charge in [-0.3, -0.25) is 9.59 Å². The van der Waals surface area contributed by atoms with E-state index in [4.69, 9.17) is 10.2 Å². The molecule has 0 saturated carbocycles. The second-order valence-corrected chi connectivity index (χ2v) is 15.2. The number of carboxylic acid groups (broad SMARTS) is 2. The molecule has 6 aromatic carbocycles. The number of carbonyl (C=O) groups is 2. The summed E-state index contributed by atoms with van der Waals surface area (Å²) in [5, 5.41) is 29.9. The molecule has 0 atom stereocenters. The third-order valence-corrected chi connectivity index (χ3v) is 11.2. The van der Waals surface area contributed by atoms with Crippen LogP contribution in [0.4, 0.5) is 0 Å². The van der Waals surface area contributed by atoms with Crippen LogP contribution in [0.1, 0.15) is 39.5 Å². The zero-order valence-electron chi connectivity index (χ0n) is 24.8. The SMILES string of the molecule is CCCC(=O)O.CCCC(=O)O.C[Si](C)(c1cccc2c1[cH-]c1ccccc12)c1cccc2c1[cH-]c1ccccc12.[Ti+2]. The van der Waals surface area contributed by atoms with Crippen molar-refractivity contribution in [3.05, 3.63) is 97.1 Å². The fourth-order valence-electron chi connectivity index (χ4n) is 5.62. The quantitative estimate of drug-likeness (QED) is 0.147. The molecule has 2 N–H and O–H groups in total. The number of hydrogen-bond donors (Lipinski definition) is 2. The second kappa shape index (κ2) is 14.6. The van der Waals surface area contributed by atoms with E-state index in [0.717, 1.165) is 12.8 Å². The maximum Gasteiger partial charge on any atom is 2.00 e. The largest absolute Gasteiger partial charge is 2.00 e. The van der Waals surface area contributed by atoms with Gasteiger partial charge in [-0.25, -0.2) is 0 Å². The van der Waals surface area contributed by atoms with Crippen LogP contribution in [-0.2, 0) is 31.3 Å². The number of rotatable bonds is 6. The maximum absolute atomic E-state index is 9.60. The molecule has 6 aromatic rings. The van der Waals surface area contributed by atoms with Gasteiger partial charge in [-0.2, -0.15) is 0 Å². The molecule has 42 heavy (non-hydrogen) atoms. The Labute approximate surface area is 263 Å². The number of benzene rings is 4. The Bertz CT molecular complexity index is 1680. The first-order chi connectivity index (χ1) is 19.7. The predicted molar refractivity (Wildman–Crippen MR) is 176 cm³/mol. The van der Waals surface area contributed by atoms with Gasteiger partial charge in [0, 0.05) is 20.9 Å². The van der Waals surface area contributed by atoms with Crippen LogP contribution in [0.5, 0.6) is 0 Å². The average molecular weight is 611 g/mol. The molecule has 0 heterocycles. The molecule has 0 saturated heterocycles. The zero-order chi connectivity index (χ0) is 29.6. The summed E-state index contributed by atoms with van der Waals surface area (Å²) in [7, 11) is -1.91. The van der Waals surface area contributed by atoms with Crippen LogP contribution in [0.15, 0.2) is 97.1 Å². The second-order valence-electron chi connectivity index (χ2n) is 10.9. The smallest absolute Gasteiger partial charge is 0.481 e. The molecule has 0 fully saturated rings. The van der Waals surface area contributed by atoms with E-state index in [1.807, 2.05) is 13.8 Å². The molecule has 6 heteroatoms. The van der Waals surface area contributed by atoms with Crippen molar-refractivity contribution in [2.45, 2.75) is 52.6 Å². The van der Waals surface area contributed by atoms with Crippen molar-refractivity contribution in [1.82, 2.24) is 0 Å². The number of aliphatic carboxylic acids is 2. The summed E-state index contributed by atoms with van der Waals surface area (Å²) < 4.78 is 0. The molecule has 0 amide bonds. The van der Waals surface area contributed by atoms with E-state index in [-0.39, 0.29) is 21.7 Å². The van der Waals surface area contributed by atoms with Crippen molar-refractivity contribution in [3.8, 4) is 0 Å². The molecule has 0 bridgehead atoms. The van der Waals surface area contributed by atoms with Crippen molar-refractivity contribution in [1.29, 1.82) is 0 Å². The van der Waals surface area contributed by atoms with E-state index in [0.29, 0.717) is 12.8 Å². The van der Waals surface area contributed by atoms with Gasteiger partial charge in [-0.1, -0.05) is 99.7 Å². The summed E-state index contributed by atoms with van der Waals surface area (Å²) in [6.45, 7) is 8.69. The maximum atomic E-state index is 9.60. The molecular weight excluding hydrogens is 572 g/mol. The molecule has 0 unspecified atom stereocenters. The summed E-state index contributed by atoms with van der Waals surface area (Å²) in [5.74, 6) is -1.42. The predicted octanol–water partition coefficient (Wildman–Crippen LogP) is 8.30. The Hall–Kier alpha value is -3.51. The monoisotopic (exact) mass is 610 g/mol. The molecule has 0 radical (unpaired) electrons. The topological polar surface area (TPSA) is 74.6 Å². The average Bonchev–Trinajstić information content (AvgIpc) is 3.52. The van der Waals surface area contributed by atoms with Crippen molar-refractivity contribution in [2.75, 3.05) is 0 Å². The minimum absolute atomic E-state index is 0. The van der Waals surface area contributed by atoms with E-state index >= 15 is 0 Å². The summed E-state index contributed by atoms with van der Waals surface area (Å²) in [4.78, 5) is 19.2. The van der Waals surface area contributed by atoms with Crippen LogP contribution in [0, 0.1) is 0 Å². The molecule has 214 valence electrons. The molecule has 0 aliphatic carbocycles. The Balaban J connectivity index is 0.000000318. The van der Waals surface area contributed by atoms with Gasteiger partial charge < -0.3 is 10.2 Å². The molecule has 0 aliphatic rings. The van der Waals surface area contributed by atoms with E-state index in [2.05, 4.69) is 110 Å². The molecule has 0 aromatic heterocycles. The van der Waals surface area contributed by atoms with Gasteiger partial charge in [0.2, 0.25) is 0 Å². The van der Waals surface area contributed by atoms with Gasteiger partial charge in [-0.15, -0.1) is 77.7 Å². The Morgan fingerprint density at radius 1 is 0.595 bits per heavy atom. The molecule has 6 rings (SSSR count). The Morgan fingerprint density at radius 3 is 1.29 bits per heavy atom. The minimum atomic E-state index is -1.91. The van der Waals surface area contributed by atoms with Gasteiger partial charge in [-0.05, 0) is 12.8 Å². The minimum Gasteiger partial charge on any atom is -0.481 e. The van der Waals surface area contributed by atoms with Crippen LogP contribution in [0.3, 0.4) is 0 Å². The normalized spacial score (nSPS) is 11.0. The molecular formula is C36H38O4SiTi. The van der Waals surface area contributed by atoms with Crippen LogP contribution >= 0.6 is 0 Å². The van der Waals surface area contributed by atoms with Crippen LogP contribution in [0.25, 0.3) is 43.1 Å². The Morgan fingerprint density at radius 2 is 0.952 bits per heavy atom. The first-order valence-corrected chi connectivity index (χ1v) is 17.3. The number of carboxylic acids is 2. The van der Waals surface area contributed by atoms with E-state index in [1.165, 1.54) is 53.5 Å². The van der Waals surface area contributed by atoms with Gasteiger partial charge in [0.25, 0.3) is 0 Å².